The van der Waals surface area contributed by atoms with Crippen molar-refractivity contribution in [1.29, 1.82) is 0 Å². The fraction of sp³-hybridized carbons (Fsp3) is 0.196. The largest absolute Gasteiger partial charge is 1.00 e. The van der Waals surface area contributed by atoms with Crippen LogP contribution in [0.4, 0.5) is 0 Å². The number of nitrogens with one attached hydrogen (secondary N) is 1. The average molecular weight is 952 g/mol. The van der Waals surface area contributed by atoms with Gasteiger partial charge in [0.2, 0.25) is 0 Å². The third kappa shape index (κ3) is 13.2. The Bertz CT molecular complexity index is 2900. The summed E-state index contributed by atoms with van der Waals surface area (Å²) < 4.78 is 9.05. The smallest absolute Gasteiger partial charge is 0.542 e. The van der Waals surface area contributed by atoms with Crippen molar-refractivity contribution in [3.05, 3.63) is 131 Å². The molecule has 6 aromatic heterocycles. The minimum atomic E-state index is -1.63. The molecular formula is C46H44BrKN8O6Si. The second-order valence-corrected chi connectivity index (χ2v) is 22.1. The molecule has 0 aliphatic rings. The van der Waals surface area contributed by atoms with Crippen LogP contribution in [0, 0.1) is 13.8 Å². The van der Waals surface area contributed by atoms with Crippen molar-refractivity contribution in [2.75, 3.05) is 6.61 Å². The van der Waals surface area contributed by atoms with Gasteiger partial charge in [0.25, 0.3) is 0 Å². The first-order valence-corrected chi connectivity index (χ1v) is 24.0. The number of aryl methyl sites for hydroxylation is 2. The zero-order valence-electron chi connectivity index (χ0n) is 36.0. The van der Waals surface area contributed by atoms with E-state index in [9.17, 15) is 19.5 Å². The number of rotatable bonds is 11. The molecule has 0 atom stereocenters. The molecule has 0 aliphatic heterocycles. The molecule has 2 aromatic carbocycles. The first-order chi connectivity index (χ1) is 29.6. The van der Waals surface area contributed by atoms with Crippen LogP contribution in [-0.4, -0.2) is 77.0 Å². The molecule has 8 rings (SSSR count). The SMILES string of the molecule is CC(=O)C(=O)[O-].Cc1cccc(-c2[nH]cnc2-c2ccc3ncc(C(=O)O)cc3c2)n1.Cc1cccc(-c2c(-c3ccc4ncc(Br)cc4c3)ncn2COCC[Si](C)(C)C)n1.[K+]. The first kappa shape index (κ1) is 48.9. The maximum absolute atomic E-state index is 11.2. The molecule has 0 saturated carbocycles. The number of halogens is 1. The van der Waals surface area contributed by atoms with E-state index in [1.54, 1.807) is 12.4 Å². The Kier molecular flexibility index (Phi) is 17.1. The summed E-state index contributed by atoms with van der Waals surface area (Å²) in [5.41, 5.74) is 10.8. The van der Waals surface area contributed by atoms with Crippen LogP contribution in [0.2, 0.25) is 25.7 Å². The molecule has 0 fully saturated rings. The number of H-pyrrole nitrogens is 1. The van der Waals surface area contributed by atoms with Gasteiger partial charge < -0.3 is 29.3 Å². The zero-order chi connectivity index (χ0) is 44.6. The number of pyridine rings is 4. The van der Waals surface area contributed by atoms with Crippen LogP contribution in [0.3, 0.4) is 0 Å². The van der Waals surface area contributed by atoms with Crippen molar-refractivity contribution in [1.82, 2.24) is 39.5 Å². The number of fused-ring (bicyclic) bond motifs is 2. The number of carboxylic acid groups (broad SMARTS) is 2. The molecule has 0 bridgehead atoms. The van der Waals surface area contributed by atoms with Gasteiger partial charge in [-0.25, -0.2) is 14.8 Å². The molecule has 316 valence electrons. The molecule has 14 nitrogen and oxygen atoms in total. The van der Waals surface area contributed by atoms with Crippen LogP contribution in [0.1, 0.15) is 28.7 Å². The number of imidazole rings is 2. The van der Waals surface area contributed by atoms with Gasteiger partial charge in [-0.1, -0.05) is 43.9 Å². The number of carbonyl (C=O) groups excluding carboxylic acids is 2. The maximum atomic E-state index is 11.2. The molecule has 0 unspecified atom stereocenters. The Morgan fingerprint density at radius 2 is 1.38 bits per heavy atom. The summed E-state index contributed by atoms with van der Waals surface area (Å²) in [6.07, 6.45) is 6.66. The van der Waals surface area contributed by atoms with Crippen LogP contribution in [0.25, 0.3) is 67.1 Å². The molecule has 2 N–H and O–H groups in total. The summed E-state index contributed by atoms with van der Waals surface area (Å²) in [7, 11) is -1.13. The number of hydrogen-bond donors (Lipinski definition) is 2. The van der Waals surface area contributed by atoms with E-state index < -0.39 is 25.8 Å². The number of aromatic carboxylic acids is 1. The number of benzene rings is 2. The number of ketones is 1. The van der Waals surface area contributed by atoms with Crippen LogP contribution < -0.4 is 56.5 Å². The fourth-order valence-electron chi connectivity index (χ4n) is 6.21. The predicted molar refractivity (Wildman–Crippen MR) is 243 cm³/mol. The summed E-state index contributed by atoms with van der Waals surface area (Å²) in [6, 6.07) is 28.6. The molecule has 0 saturated heterocycles. The number of hydrogen-bond acceptors (Lipinski definition) is 11. The van der Waals surface area contributed by atoms with Gasteiger partial charge in [-0.15, -0.1) is 0 Å². The molecule has 8 aromatic rings. The Hall–Kier alpha value is -5.12. The fourth-order valence-corrected chi connectivity index (χ4v) is 7.32. The maximum Gasteiger partial charge on any atom is 1.00 e. The van der Waals surface area contributed by atoms with Crippen LogP contribution in [-0.2, 0) is 21.1 Å². The Labute approximate surface area is 416 Å². The van der Waals surface area contributed by atoms with Crippen molar-refractivity contribution in [3.8, 4) is 45.3 Å². The van der Waals surface area contributed by atoms with E-state index in [-0.39, 0.29) is 56.9 Å². The molecule has 0 radical (unpaired) electrons. The quantitative estimate of drug-likeness (QED) is 0.0930. The van der Waals surface area contributed by atoms with E-state index in [4.69, 9.17) is 19.8 Å². The summed E-state index contributed by atoms with van der Waals surface area (Å²) in [5.74, 6) is -3.56. The molecular weight excluding hydrogens is 908 g/mol. The number of Topliss-reactive ketones (excluding diaryl/α,β-unsaturated/α-hetero) is 1. The van der Waals surface area contributed by atoms with E-state index in [1.165, 1.54) is 6.20 Å². The third-order valence-electron chi connectivity index (χ3n) is 9.39. The van der Waals surface area contributed by atoms with Crippen LogP contribution in [0.15, 0.2) is 114 Å². The second-order valence-electron chi connectivity index (χ2n) is 15.6. The third-order valence-corrected chi connectivity index (χ3v) is 11.5. The second kappa shape index (κ2) is 22.0. The monoisotopic (exact) mass is 950 g/mol. The van der Waals surface area contributed by atoms with Gasteiger partial charge >= 0.3 is 57.4 Å². The molecule has 0 spiro atoms. The van der Waals surface area contributed by atoms with E-state index in [0.29, 0.717) is 6.73 Å². The Morgan fingerprint density at radius 1 is 0.794 bits per heavy atom. The molecule has 17 heteroatoms. The van der Waals surface area contributed by atoms with Crippen molar-refractivity contribution in [2.24, 2.45) is 0 Å². The van der Waals surface area contributed by atoms with Crippen molar-refractivity contribution < 1.29 is 80.7 Å². The zero-order valence-corrected chi connectivity index (χ0v) is 41.7. The Balaban J connectivity index is 0.000000211. The van der Waals surface area contributed by atoms with Gasteiger partial charge in [-0.2, -0.15) is 0 Å². The topological polar surface area (TPSA) is 202 Å². The molecule has 63 heavy (non-hydrogen) atoms. The molecule has 0 aliphatic carbocycles. The van der Waals surface area contributed by atoms with Gasteiger partial charge in [-0.3, -0.25) is 24.7 Å². The summed E-state index contributed by atoms with van der Waals surface area (Å²) >= 11 is 3.52. The number of aromatic amines is 1. The molecule has 0 amide bonds. The summed E-state index contributed by atoms with van der Waals surface area (Å²) in [5, 5.41) is 20.2. The van der Waals surface area contributed by atoms with Gasteiger partial charge in [0.15, 0.2) is 5.78 Å². The normalized spacial score (nSPS) is 10.9. The van der Waals surface area contributed by atoms with Crippen molar-refractivity contribution in [2.45, 2.75) is 53.2 Å². The average Bonchev–Trinajstić information content (AvgIpc) is 3.90. The Morgan fingerprint density at radius 3 is 1.98 bits per heavy atom. The van der Waals surface area contributed by atoms with E-state index in [0.717, 1.165) is 103 Å². The van der Waals surface area contributed by atoms with Crippen LogP contribution in [0.5, 0.6) is 0 Å². The number of carbonyl (C=O) groups is 3. The van der Waals surface area contributed by atoms with Crippen molar-refractivity contribution in [3.63, 3.8) is 0 Å². The van der Waals surface area contributed by atoms with Gasteiger partial charge in [0.1, 0.15) is 12.7 Å². The summed E-state index contributed by atoms with van der Waals surface area (Å²) in [4.78, 5) is 60.2. The van der Waals surface area contributed by atoms with E-state index in [1.807, 2.05) is 87.0 Å². The molecule has 6 heterocycles. The van der Waals surface area contributed by atoms with E-state index in [2.05, 4.69) is 83.3 Å². The first-order valence-electron chi connectivity index (χ1n) is 19.5. The van der Waals surface area contributed by atoms with Gasteiger partial charge in [-0.05, 0) is 96.5 Å². The number of ether oxygens (including phenoxy) is 1. The predicted octanol–water partition coefficient (Wildman–Crippen LogP) is 5.57. The van der Waals surface area contributed by atoms with Gasteiger partial charge in [0, 0.05) is 71.8 Å². The minimum absolute atomic E-state index is 0. The van der Waals surface area contributed by atoms with Crippen molar-refractivity contribution >= 4 is 63.5 Å². The number of carboxylic acids is 2. The van der Waals surface area contributed by atoms with E-state index >= 15 is 0 Å². The number of aromatic nitrogens is 8. The van der Waals surface area contributed by atoms with Crippen LogP contribution >= 0.6 is 15.9 Å². The van der Waals surface area contributed by atoms with Gasteiger partial charge in [0.05, 0.1) is 63.4 Å². The number of nitrogens with zero attached hydrogens (tertiary/aromatic N) is 7. The summed E-state index contributed by atoms with van der Waals surface area (Å²) in [6.45, 7) is 13.2. The minimum Gasteiger partial charge on any atom is -0.542 e. The number of aliphatic carboxylic acids is 1. The standard InChI is InChI=1S/C24H27BrN4OSi.C19H14N4O2.C3H4O3.K/c1-17-6-5-7-22(28-17)24-23(27-15-29(24)16-30-10-11-31(2,3)4)18-8-9-21-19(12-18)13-20(25)14-26-21;1-11-3-2-4-16(23-11)18-17(21-10-22-18)12-5-6-15-13(7-12)8-14(9-20-15)19(24)25;1-2(4)3(5)6;/h5-9,12-15H,10-11,16H2,1-4H3;2-10H,1H3,(H,21,22)(H,24,25);1H3,(H,5,6);/q;;;+1/p-1.